The lowest BCUT2D eigenvalue weighted by molar-refractivity contribution is 0.525. The Morgan fingerprint density at radius 2 is 1.61 bits per heavy atom. The Bertz CT molecular complexity index is 578. The minimum Gasteiger partial charge on any atom is -0.369 e. The predicted molar refractivity (Wildman–Crippen MR) is 72.6 cm³/mol. The molecule has 2 aromatic rings. The van der Waals surface area contributed by atoms with Gasteiger partial charge in [-0.15, -0.1) is 0 Å². The molecule has 0 atom stereocenters. The largest absolute Gasteiger partial charge is 0.369 e. The molecule has 1 aliphatic rings. The SMILES string of the molecule is N#Cc1ccccc1N1CC(c2ccccc2)C1. The fourth-order valence-corrected chi connectivity index (χ4v) is 2.46. The topological polar surface area (TPSA) is 27.0 Å². The van der Waals surface area contributed by atoms with Crippen molar-refractivity contribution in [2.45, 2.75) is 5.92 Å². The van der Waals surface area contributed by atoms with Crippen molar-refractivity contribution < 1.29 is 0 Å². The van der Waals surface area contributed by atoms with Crippen molar-refractivity contribution in [1.29, 1.82) is 5.26 Å². The van der Waals surface area contributed by atoms with E-state index in [0.29, 0.717) is 5.92 Å². The lowest BCUT2D eigenvalue weighted by atomic mass is 9.90. The predicted octanol–water partition coefficient (Wildman–Crippen LogP) is 3.16. The zero-order valence-corrected chi connectivity index (χ0v) is 10.1. The van der Waals surface area contributed by atoms with Crippen LogP contribution in [0.3, 0.4) is 0 Å². The van der Waals surface area contributed by atoms with Crippen molar-refractivity contribution in [2.24, 2.45) is 0 Å². The fourth-order valence-electron chi connectivity index (χ4n) is 2.46. The van der Waals surface area contributed by atoms with Gasteiger partial charge in [0, 0.05) is 19.0 Å². The second-order valence-corrected chi connectivity index (χ2v) is 4.64. The van der Waals surface area contributed by atoms with Crippen molar-refractivity contribution in [3.8, 4) is 6.07 Å². The third-order valence-corrected chi connectivity index (χ3v) is 3.52. The van der Waals surface area contributed by atoms with Gasteiger partial charge in [-0.2, -0.15) is 5.26 Å². The monoisotopic (exact) mass is 234 g/mol. The normalized spacial score (nSPS) is 14.9. The van der Waals surface area contributed by atoms with Gasteiger partial charge in [-0.1, -0.05) is 42.5 Å². The third-order valence-electron chi connectivity index (χ3n) is 3.52. The number of benzene rings is 2. The Balaban J connectivity index is 1.75. The van der Waals surface area contributed by atoms with E-state index in [0.717, 1.165) is 24.3 Å². The van der Waals surface area contributed by atoms with E-state index < -0.39 is 0 Å². The van der Waals surface area contributed by atoms with E-state index in [4.69, 9.17) is 5.26 Å². The van der Waals surface area contributed by atoms with Crippen LogP contribution in [0, 0.1) is 11.3 Å². The van der Waals surface area contributed by atoms with Crippen LogP contribution in [0.25, 0.3) is 0 Å². The lowest BCUT2D eigenvalue weighted by Crippen LogP contribution is -2.45. The molecule has 18 heavy (non-hydrogen) atoms. The first-order chi connectivity index (χ1) is 8.88. The molecule has 1 heterocycles. The maximum Gasteiger partial charge on any atom is 0.101 e. The van der Waals surface area contributed by atoms with Gasteiger partial charge in [0.25, 0.3) is 0 Å². The third kappa shape index (κ3) is 1.84. The van der Waals surface area contributed by atoms with Gasteiger partial charge in [-0.05, 0) is 17.7 Å². The number of hydrogen-bond donors (Lipinski definition) is 0. The van der Waals surface area contributed by atoms with Crippen molar-refractivity contribution in [3.05, 3.63) is 65.7 Å². The molecule has 2 heteroatoms. The molecule has 0 aliphatic carbocycles. The van der Waals surface area contributed by atoms with Crippen LogP contribution in [-0.2, 0) is 0 Å². The molecule has 3 rings (SSSR count). The first-order valence-corrected chi connectivity index (χ1v) is 6.17. The van der Waals surface area contributed by atoms with Crippen molar-refractivity contribution in [2.75, 3.05) is 18.0 Å². The number of nitriles is 1. The number of nitrogens with zero attached hydrogens (tertiary/aromatic N) is 2. The Morgan fingerprint density at radius 3 is 2.33 bits per heavy atom. The van der Waals surface area contributed by atoms with Gasteiger partial charge < -0.3 is 4.90 Å². The summed E-state index contributed by atoms with van der Waals surface area (Å²) in [6.45, 7) is 2.01. The zero-order chi connectivity index (χ0) is 12.4. The summed E-state index contributed by atoms with van der Waals surface area (Å²) in [5.74, 6) is 0.595. The van der Waals surface area contributed by atoms with E-state index in [9.17, 15) is 0 Å². The van der Waals surface area contributed by atoms with E-state index >= 15 is 0 Å². The molecule has 1 aliphatic heterocycles. The summed E-state index contributed by atoms with van der Waals surface area (Å²) in [5, 5.41) is 9.09. The lowest BCUT2D eigenvalue weighted by Gasteiger charge is -2.41. The van der Waals surface area contributed by atoms with Gasteiger partial charge in [0.15, 0.2) is 0 Å². The van der Waals surface area contributed by atoms with Crippen LogP contribution in [0.2, 0.25) is 0 Å². The summed E-state index contributed by atoms with van der Waals surface area (Å²) >= 11 is 0. The minimum absolute atomic E-state index is 0.595. The molecule has 0 saturated carbocycles. The number of hydrogen-bond acceptors (Lipinski definition) is 2. The van der Waals surface area contributed by atoms with Crippen LogP contribution in [0.5, 0.6) is 0 Å². The highest BCUT2D eigenvalue weighted by Crippen LogP contribution is 2.32. The van der Waals surface area contributed by atoms with Crippen LogP contribution >= 0.6 is 0 Å². The van der Waals surface area contributed by atoms with Gasteiger partial charge >= 0.3 is 0 Å². The molecule has 0 spiro atoms. The Morgan fingerprint density at radius 1 is 0.944 bits per heavy atom. The summed E-state index contributed by atoms with van der Waals surface area (Å²) in [5.41, 5.74) is 3.22. The summed E-state index contributed by atoms with van der Waals surface area (Å²) in [6, 6.07) is 20.6. The summed E-state index contributed by atoms with van der Waals surface area (Å²) in [7, 11) is 0. The van der Waals surface area contributed by atoms with Gasteiger partial charge in [0.05, 0.1) is 11.3 Å². The van der Waals surface area contributed by atoms with Crippen molar-refractivity contribution in [3.63, 3.8) is 0 Å². The van der Waals surface area contributed by atoms with Crippen LogP contribution in [0.4, 0.5) is 5.69 Å². The first kappa shape index (κ1) is 10.9. The van der Waals surface area contributed by atoms with Crippen LogP contribution in [-0.4, -0.2) is 13.1 Å². The van der Waals surface area contributed by atoms with Gasteiger partial charge in [-0.3, -0.25) is 0 Å². The molecular weight excluding hydrogens is 220 g/mol. The molecular formula is C16H14N2. The van der Waals surface area contributed by atoms with E-state index in [2.05, 4.69) is 35.2 Å². The van der Waals surface area contributed by atoms with E-state index in [1.165, 1.54) is 5.56 Å². The van der Waals surface area contributed by atoms with Crippen LogP contribution in [0.15, 0.2) is 54.6 Å². The smallest absolute Gasteiger partial charge is 0.101 e. The molecule has 88 valence electrons. The zero-order valence-electron chi connectivity index (χ0n) is 10.1. The highest BCUT2D eigenvalue weighted by molar-refractivity contribution is 5.61. The van der Waals surface area contributed by atoms with Gasteiger partial charge in [-0.25, -0.2) is 0 Å². The molecule has 0 unspecified atom stereocenters. The van der Waals surface area contributed by atoms with E-state index in [1.54, 1.807) is 0 Å². The Labute approximate surface area is 107 Å². The quantitative estimate of drug-likeness (QED) is 0.798. The minimum atomic E-state index is 0.595. The summed E-state index contributed by atoms with van der Waals surface area (Å²) < 4.78 is 0. The van der Waals surface area contributed by atoms with Crippen LogP contribution in [0.1, 0.15) is 17.0 Å². The molecule has 2 aromatic carbocycles. The maximum atomic E-state index is 9.09. The van der Waals surface area contributed by atoms with E-state index in [1.807, 2.05) is 30.3 Å². The Kier molecular flexibility index (Phi) is 2.74. The molecule has 0 aromatic heterocycles. The Hall–Kier alpha value is -2.27. The molecule has 1 fully saturated rings. The second kappa shape index (κ2) is 4.54. The summed E-state index contributed by atoms with van der Waals surface area (Å²) in [6.07, 6.45) is 0. The maximum absolute atomic E-state index is 9.09. The number of anilines is 1. The standard InChI is InChI=1S/C16H14N2/c17-10-14-8-4-5-9-16(14)18-11-15(12-18)13-6-2-1-3-7-13/h1-9,15H,11-12H2. The van der Waals surface area contributed by atoms with Gasteiger partial charge in [0.2, 0.25) is 0 Å². The van der Waals surface area contributed by atoms with Crippen molar-refractivity contribution in [1.82, 2.24) is 0 Å². The fraction of sp³-hybridized carbons (Fsp3) is 0.188. The molecule has 1 saturated heterocycles. The number of rotatable bonds is 2. The molecule has 0 amide bonds. The second-order valence-electron chi connectivity index (χ2n) is 4.64. The molecule has 2 nitrogen and oxygen atoms in total. The average molecular weight is 234 g/mol. The molecule has 0 radical (unpaired) electrons. The molecule has 0 N–H and O–H groups in total. The highest BCUT2D eigenvalue weighted by atomic mass is 15.2. The van der Waals surface area contributed by atoms with E-state index in [-0.39, 0.29) is 0 Å². The van der Waals surface area contributed by atoms with Crippen molar-refractivity contribution >= 4 is 5.69 Å². The van der Waals surface area contributed by atoms with Crippen LogP contribution < -0.4 is 4.90 Å². The highest BCUT2D eigenvalue weighted by Gasteiger charge is 2.29. The van der Waals surface area contributed by atoms with Gasteiger partial charge in [0.1, 0.15) is 6.07 Å². The first-order valence-electron chi connectivity index (χ1n) is 6.17. The average Bonchev–Trinajstić information content (AvgIpc) is 2.39. The summed E-state index contributed by atoms with van der Waals surface area (Å²) in [4.78, 5) is 2.27. The number of para-hydroxylation sites is 1. The molecule has 0 bridgehead atoms.